The van der Waals surface area contributed by atoms with Gasteiger partial charge in [0.2, 0.25) is 0 Å². The number of nitrogens with zero attached hydrogens (tertiary/aromatic N) is 1. The van der Waals surface area contributed by atoms with E-state index in [-0.39, 0.29) is 23.6 Å². The molecule has 0 radical (unpaired) electrons. The Morgan fingerprint density at radius 2 is 1.86 bits per heavy atom. The van der Waals surface area contributed by atoms with E-state index in [4.69, 9.17) is 15.6 Å². The summed E-state index contributed by atoms with van der Waals surface area (Å²) in [6.07, 6.45) is -5.08. The molecule has 0 spiro atoms. The molecule has 1 aliphatic heterocycles. The number of nitrogens with two attached hydrogens (primary N) is 1. The zero-order valence-electron chi connectivity index (χ0n) is 14.1. The number of alkyl halides is 5. The van der Waals surface area contributed by atoms with E-state index in [0.717, 1.165) is 6.07 Å². The van der Waals surface area contributed by atoms with Crippen LogP contribution in [-0.2, 0) is 22.1 Å². The second kappa shape index (κ2) is 7.83. The third kappa shape index (κ3) is 4.84. The van der Waals surface area contributed by atoms with Crippen LogP contribution in [0, 0.1) is 0 Å². The van der Waals surface area contributed by atoms with Crippen molar-refractivity contribution in [1.82, 2.24) is 10.2 Å². The Balaban J connectivity index is 0.000000370. The second-order valence-corrected chi connectivity index (χ2v) is 5.53. The average molecular weight is 421 g/mol. The van der Waals surface area contributed by atoms with Crippen molar-refractivity contribution in [2.75, 3.05) is 10.6 Å². The summed E-state index contributed by atoms with van der Waals surface area (Å²) in [6.45, 7) is 0.194. The molecule has 156 valence electrons. The molecule has 9 nitrogen and oxygen atoms in total. The summed E-state index contributed by atoms with van der Waals surface area (Å²) in [5.74, 6) is -8.33. The van der Waals surface area contributed by atoms with Crippen molar-refractivity contribution in [2.24, 2.45) is 5.73 Å². The number of benzene rings is 1. The Bertz CT molecular complexity index is 957. The zero-order valence-corrected chi connectivity index (χ0v) is 14.1. The van der Waals surface area contributed by atoms with E-state index in [9.17, 15) is 31.5 Å². The van der Waals surface area contributed by atoms with Gasteiger partial charge in [-0.2, -0.15) is 27.1 Å². The number of aromatic amines is 1. The van der Waals surface area contributed by atoms with Crippen molar-refractivity contribution < 1.29 is 41.4 Å². The molecule has 0 unspecified atom stereocenters. The molecule has 14 heteroatoms. The molecule has 1 aromatic carbocycles. The van der Waals surface area contributed by atoms with Crippen LogP contribution in [0.25, 0.3) is 0 Å². The normalized spacial score (nSPS) is 14.3. The van der Waals surface area contributed by atoms with Gasteiger partial charge in [-0.25, -0.2) is 4.79 Å². The van der Waals surface area contributed by atoms with Gasteiger partial charge in [0, 0.05) is 17.9 Å². The number of hydrogen-bond donors (Lipinski definition) is 5. The number of carboxylic acids is 1. The highest BCUT2D eigenvalue weighted by Gasteiger charge is 2.48. The molecule has 0 fully saturated rings. The van der Waals surface area contributed by atoms with Crippen LogP contribution in [0.15, 0.2) is 24.3 Å². The van der Waals surface area contributed by atoms with Crippen molar-refractivity contribution in [1.29, 1.82) is 0 Å². The van der Waals surface area contributed by atoms with Crippen LogP contribution in [0.2, 0.25) is 0 Å². The molecule has 1 aliphatic rings. The van der Waals surface area contributed by atoms with Gasteiger partial charge in [-0.1, -0.05) is 0 Å². The number of H-pyrrole nitrogens is 1. The van der Waals surface area contributed by atoms with Gasteiger partial charge in [-0.3, -0.25) is 14.7 Å². The smallest absolute Gasteiger partial charge is 0.475 e. The topological polar surface area (TPSA) is 150 Å². The zero-order chi connectivity index (χ0) is 22.0. The largest absolute Gasteiger partial charge is 0.490 e. The summed E-state index contributed by atoms with van der Waals surface area (Å²) in [6, 6.07) is 5.23. The Morgan fingerprint density at radius 3 is 2.38 bits per heavy atom. The SMILES string of the molecule is NCc1cc(C(=O)Nc2ccc3c(c2)C(F)(F)C(=O)N3)n[nH]1.O=C(O)C(F)(F)F. The molecule has 2 heterocycles. The van der Waals surface area contributed by atoms with Gasteiger partial charge in [0.05, 0.1) is 11.3 Å². The van der Waals surface area contributed by atoms with Crippen LogP contribution in [0.1, 0.15) is 21.7 Å². The number of rotatable bonds is 3. The van der Waals surface area contributed by atoms with Crippen molar-refractivity contribution >= 4 is 29.2 Å². The first-order valence-corrected chi connectivity index (χ1v) is 7.56. The molecular weight excluding hydrogens is 409 g/mol. The molecule has 6 N–H and O–H groups in total. The van der Waals surface area contributed by atoms with Gasteiger partial charge in [0.25, 0.3) is 11.8 Å². The molecular formula is C15H12F5N5O4. The molecule has 2 amide bonds. The maximum absolute atomic E-state index is 13.7. The van der Waals surface area contributed by atoms with Gasteiger partial charge in [0.15, 0.2) is 5.69 Å². The highest BCUT2D eigenvalue weighted by molar-refractivity contribution is 6.06. The van der Waals surface area contributed by atoms with E-state index < -0.39 is 35.4 Å². The van der Waals surface area contributed by atoms with Crippen LogP contribution >= 0.6 is 0 Å². The van der Waals surface area contributed by atoms with Crippen LogP contribution in [-0.4, -0.2) is 39.3 Å². The molecule has 0 atom stereocenters. The van der Waals surface area contributed by atoms with Gasteiger partial charge in [0.1, 0.15) is 0 Å². The summed E-state index contributed by atoms with van der Waals surface area (Å²) in [5, 5.41) is 18.0. The minimum atomic E-state index is -5.08. The summed E-state index contributed by atoms with van der Waals surface area (Å²) in [5.41, 5.74) is 5.74. The molecule has 0 aliphatic carbocycles. The van der Waals surface area contributed by atoms with Crippen molar-refractivity contribution in [2.45, 2.75) is 18.6 Å². The number of carboxylic acid groups (broad SMARTS) is 1. The monoisotopic (exact) mass is 421 g/mol. The molecule has 0 bridgehead atoms. The summed E-state index contributed by atoms with van der Waals surface area (Å²) in [4.78, 5) is 32.0. The van der Waals surface area contributed by atoms with E-state index in [1.54, 1.807) is 0 Å². The molecule has 2 aromatic rings. The number of aromatic nitrogens is 2. The predicted molar refractivity (Wildman–Crippen MR) is 87.1 cm³/mol. The summed E-state index contributed by atoms with van der Waals surface area (Å²) in [7, 11) is 0. The number of hydrogen-bond acceptors (Lipinski definition) is 5. The standard InChI is InChI=1S/C13H11F2N5O2.C2HF3O2/c14-13(15)8-3-6(1-2-9(8)18-12(13)22)17-11(21)10-4-7(5-16)19-20-10;3-2(4,5)1(6)7/h1-4H,5,16H2,(H,17,21)(H,18,22)(H,19,20);(H,6,7). The molecule has 0 saturated carbocycles. The summed E-state index contributed by atoms with van der Waals surface area (Å²) >= 11 is 0. The average Bonchev–Trinajstić information content (AvgIpc) is 3.19. The number of anilines is 2. The fourth-order valence-electron chi connectivity index (χ4n) is 2.09. The third-order valence-corrected chi connectivity index (χ3v) is 3.48. The van der Waals surface area contributed by atoms with E-state index >= 15 is 0 Å². The molecule has 0 saturated heterocycles. The maximum atomic E-state index is 13.7. The Morgan fingerprint density at radius 1 is 1.24 bits per heavy atom. The third-order valence-electron chi connectivity index (χ3n) is 3.48. The van der Waals surface area contributed by atoms with E-state index in [0.29, 0.717) is 5.69 Å². The quantitative estimate of drug-likeness (QED) is 0.477. The predicted octanol–water partition coefficient (Wildman–Crippen LogP) is 1.80. The van der Waals surface area contributed by atoms with Crippen LogP contribution < -0.4 is 16.4 Å². The lowest BCUT2D eigenvalue weighted by molar-refractivity contribution is -0.192. The fourth-order valence-corrected chi connectivity index (χ4v) is 2.09. The number of halogens is 5. The lowest BCUT2D eigenvalue weighted by Crippen LogP contribution is -2.23. The number of fused-ring (bicyclic) bond motifs is 1. The minimum Gasteiger partial charge on any atom is -0.475 e. The Kier molecular flexibility index (Phi) is 5.87. The summed E-state index contributed by atoms with van der Waals surface area (Å²) < 4.78 is 59.1. The van der Waals surface area contributed by atoms with Gasteiger partial charge < -0.3 is 21.5 Å². The van der Waals surface area contributed by atoms with Crippen molar-refractivity contribution in [3.8, 4) is 0 Å². The highest BCUT2D eigenvalue weighted by atomic mass is 19.4. The number of nitrogens with one attached hydrogen (secondary N) is 3. The van der Waals surface area contributed by atoms with Crippen LogP contribution in [0.3, 0.4) is 0 Å². The fraction of sp³-hybridized carbons (Fsp3) is 0.200. The van der Waals surface area contributed by atoms with Crippen LogP contribution in [0.4, 0.5) is 33.3 Å². The van der Waals surface area contributed by atoms with Crippen molar-refractivity contribution in [3.63, 3.8) is 0 Å². The number of carbonyl (C=O) groups excluding carboxylic acids is 2. The molecule has 29 heavy (non-hydrogen) atoms. The molecule has 1 aromatic heterocycles. The number of amides is 2. The highest BCUT2D eigenvalue weighted by Crippen LogP contribution is 2.41. The Hall–Kier alpha value is -3.55. The van der Waals surface area contributed by atoms with Gasteiger partial charge in [-0.05, 0) is 24.3 Å². The first-order chi connectivity index (χ1) is 13.4. The van der Waals surface area contributed by atoms with Crippen molar-refractivity contribution in [3.05, 3.63) is 41.2 Å². The first kappa shape index (κ1) is 21.7. The number of carbonyl (C=O) groups is 3. The second-order valence-electron chi connectivity index (χ2n) is 5.53. The van der Waals surface area contributed by atoms with Crippen LogP contribution in [0.5, 0.6) is 0 Å². The Labute approximate surface area is 158 Å². The van der Waals surface area contributed by atoms with Gasteiger partial charge in [-0.15, -0.1) is 0 Å². The van der Waals surface area contributed by atoms with Gasteiger partial charge >= 0.3 is 18.1 Å². The lowest BCUT2D eigenvalue weighted by Gasteiger charge is -2.09. The van der Waals surface area contributed by atoms with E-state index in [2.05, 4.69) is 20.8 Å². The molecule has 3 rings (SSSR count). The first-order valence-electron chi connectivity index (χ1n) is 7.56. The van der Waals surface area contributed by atoms with E-state index in [1.165, 1.54) is 18.2 Å². The maximum Gasteiger partial charge on any atom is 0.490 e. The minimum absolute atomic E-state index is 0.0261. The number of aliphatic carboxylic acids is 1. The van der Waals surface area contributed by atoms with E-state index in [1.807, 2.05) is 0 Å². The lowest BCUT2D eigenvalue weighted by atomic mass is 10.1.